The predicted octanol–water partition coefficient (Wildman–Crippen LogP) is 3.83. The molecule has 0 bridgehead atoms. The third-order valence-corrected chi connectivity index (χ3v) is 9.63. The van der Waals surface area contributed by atoms with Crippen molar-refractivity contribution >= 4 is 21.6 Å². The van der Waals surface area contributed by atoms with Crippen molar-refractivity contribution in [3.8, 4) is 0 Å². The molecule has 0 spiro atoms. The van der Waals surface area contributed by atoms with Gasteiger partial charge in [-0.05, 0) is 79.8 Å². The van der Waals surface area contributed by atoms with Crippen LogP contribution in [0, 0.1) is 5.92 Å². The number of carbonyl (C=O) groups excluding carboxylic acids is 1. The zero-order valence-corrected chi connectivity index (χ0v) is 20.9. The largest absolute Gasteiger partial charge is 0.371 e. The van der Waals surface area contributed by atoms with Gasteiger partial charge in [0.2, 0.25) is 15.9 Å². The van der Waals surface area contributed by atoms with Crippen LogP contribution in [0.5, 0.6) is 0 Å². The van der Waals surface area contributed by atoms with Gasteiger partial charge in [0.15, 0.2) is 0 Å². The number of para-hydroxylation sites is 1. The molecule has 0 atom stereocenters. The summed E-state index contributed by atoms with van der Waals surface area (Å²) in [5.74, 6) is -0.0128. The molecule has 0 radical (unpaired) electrons. The molecule has 2 heterocycles. The number of fused-ring (bicyclic) bond motifs is 1. The first-order chi connectivity index (χ1) is 16.4. The molecule has 5 rings (SSSR count). The molecule has 182 valence electrons. The molecule has 2 fully saturated rings. The molecular weight excluding hydrogens is 446 g/mol. The van der Waals surface area contributed by atoms with E-state index >= 15 is 0 Å². The second kappa shape index (κ2) is 9.70. The van der Waals surface area contributed by atoms with E-state index in [2.05, 4.69) is 23.1 Å². The van der Waals surface area contributed by atoms with Crippen LogP contribution in [0.25, 0.3) is 0 Å². The number of nitrogens with zero attached hydrogens (tertiary/aromatic N) is 3. The van der Waals surface area contributed by atoms with Crippen LogP contribution < -0.4 is 4.90 Å². The first-order valence-corrected chi connectivity index (χ1v) is 14.1. The Morgan fingerprint density at radius 3 is 2.41 bits per heavy atom. The van der Waals surface area contributed by atoms with Gasteiger partial charge in [0.1, 0.15) is 0 Å². The van der Waals surface area contributed by atoms with Gasteiger partial charge >= 0.3 is 0 Å². The van der Waals surface area contributed by atoms with Crippen molar-refractivity contribution in [1.82, 2.24) is 9.21 Å². The Kier molecular flexibility index (Phi) is 6.67. The third-order valence-electron chi connectivity index (χ3n) is 7.73. The van der Waals surface area contributed by atoms with E-state index in [9.17, 15) is 13.2 Å². The number of piperidine rings is 1. The first-order valence-electron chi connectivity index (χ1n) is 12.6. The van der Waals surface area contributed by atoms with Crippen LogP contribution in [-0.4, -0.2) is 56.8 Å². The Morgan fingerprint density at radius 1 is 0.941 bits per heavy atom. The highest BCUT2D eigenvalue weighted by Crippen LogP contribution is 2.30. The van der Waals surface area contributed by atoms with Gasteiger partial charge in [-0.25, -0.2) is 8.42 Å². The SMILES string of the molecule is CN(Cc1ccccc1N1CCCC1)C(=O)C1CCN(S(=O)(=O)c2ccc3c(c2)CCC3)CC1. The minimum Gasteiger partial charge on any atom is -0.371 e. The minimum atomic E-state index is -3.51. The van der Waals surface area contributed by atoms with Crippen molar-refractivity contribution in [2.45, 2.75) is 56.4 Å². The van der Waals surface area contributed by atoms with E-state index < -0.39 is 10.0 Å². The maximum atomic E-state index is 13.2. The molecule has 2 aliphatic heterocycles. The lowest BCUT2D eigenvalue weighted by Crippen LogP contribution is -2.43. The molecule has 6 nitrogen and oxygen atoms in total. The van der Waals surface area contributed by atoms with Crippen molar-refractivity contribution in [2.24, 2.45) is 5.92 Å². The van der Waals surface area contributed by atoms with Crippen molar-refractivity contribution in [3.63, 3.8) is 0 Å². The fourth-order valence-corrected chi connectivity index (χ4v) is 7.28. The summed E-state index contributed by atoms with van der Waals surface area (Å²) < 4.78 is 28.0. The van der Waals surface area contributed by atoms with E-state index in [0.717, 1.165) is 32.4 Å². The molecule has 2 aromatic carbocycles. The highest BCUT2D eigenvalue weighted by Gasteiger charge is 2.34. The average molecular weight is 482 g/mol. The highest BCUT2D eigenvalue weighted by molar-refractivity contribution is 7.89. The summed E-state index contributed by atoms with van der Waals surface area (Å²) in [6.07, 6.45) is 6.68. The second-order valence-corrected chi connectivity index (χ2v) is 11.9. The van der Waals surface area contributed by atoms with Gasteiger partial charge in [0.05, 0.1) is 4.90 Å². The zero-order valence-electron chi connectivity index (χ0n) is 20.1. The first kappa shape index (κ1) is 23.4. The third kappa shape index (κ3) is 4.60. The van der Waals surface area contributed by atoms with Crippen LogP contribution in [0.3, 0.4) is 0 Å². The molecule has 0 unspecified atom stereocenters. The van der Waals surface area contributed by atoms with Crippen molar-refractivity contribution in [1.29, 1.82) is 0 Å². The summed E-state index contributed by atoms with van der Waals surface area (Å²) in [4.78, 5) is 17.9. The maximum Gasteiger partial charge on any atom is 0.243 e. The van der Waals surface area contributed by atoms with Crippen molar-refractivity contribution in [2.75, 3.05) is 38.1 Å². The Labute approximate surface area is 203 Å². The van der Waals surface area contributed by atoms with Crippen molar-refractivity contribution in [3.05, 3.63) is 59.2 Å². The lowest BCUT2D eigenvalue weighted by molar-refractivity contribution is -0.135. The normalized spacial score (nSPS) is 19.4. The number of carbonyl (C=O) groups is 1. The summed E-state index contributed by atoms with van der Waals surface area (Å²) >= 11 is 0. The summed E-state index contributed by atoms with van der Waals surface area (Å²) in [5.41, 5.74) is 4.85. The van der Waals surface area contributed by atoms with Crippen LogP contribution in [-0.2, 0) is 34.2 Å². The minimum absolute atomic E-state index is 0.116. The molecule has 0 aromatic heterocycles. The Morgan fingerprint density at radius 2 is 1.65 bits per heavy atom. The molecule has 0 N–H and O–H groups in total. The van der Waals surface area contributed by atoms with E-state index in [1.54, 1.807) is 10.4 Å². The summed E-state index contributed by atoms with van der Waals surface area (Å²) in [5, 5.41) is 0. The van der Waals surface area contributed by atoms with Gasteiger partial charge in [0, 0.05) is 51.4 Å². The Hall–Kier alpha value is -2.38. The molecule has 34 heavy (non-hydrogen) atoms. The average Bonchev–Trinajstić information content (AvgIpc) is 3.56. The van der Waals surface area contributed by atoms with Crippen LogP contribution in [0.2, 0.25) is 0 Å². The lowest BCUT2D eigenvalue weighted by Gasteiger charge is -2.33. The summed E-state index contributed by atoms with van der Waals surface area (Å²) in [7, 11) is -1.64. The summed E-state index contributed by atoms with van der Waals surface area (Å²) in [6.45, 7) is 3.53. The van der Waals surface area contributed by atoms with Gasteiger partial charge in [-0.1, -0.05) is 24.3 Å². The van der Waals surface area contributed by atoms with Gasteiger partial charge in [-0.15, -0.1) is 0 Å². The van der Waals surface area contributed by atoms with Gasteiger partial charge in [-0.2, -0.15) is 4.31 Å². The highest BCUT2D eigenvalue weighted by atomic mass is 32.2. The molecule has 2 aromatic rings. The zero-order chi connectivity index (χ0) is 23.7. The number of hydrogen-bond acceptors (Lipinski definition) is 4. The van der Waals surface area contributed by atoms with E-state index in [4.69, 9.17) is 0 Å². The second-order valence-electron chi connectivity index (χ2n) is 9.98. The number of hydrogen-bond donors (Lipinski definition) is 0. The van der Waals surface area contributed by atoms with Crippen molar-refractivity contribution < 1.29 is 13.2 Å². The fraction of sp³-hybridized carbons (Fsp3) is 0.519. The molecule has 1 aliphatic carbocycles. The van der Waals surface area contributed by atoms with Crippen LogP contribution in [0.1, 0.15) is 48.8 Å². The smallest absolute Gasteiger partial charge is 0.243 e. The topological polar surface area (TPSA) is 60.9 Å². The standard InChI is InChI=1S/C27H35N3O3S/c1-28(20-24-7-2-3-10-26(24)29-15-4-5-16-29)27(31)22-13-17-30(18-14-22)34(32,33)25-12-11-21-8-6-9-23(21)19-25/h2-3,7,10-12,19,22H,4-6,8-9,13-18,20H2,1H3. The molecule has 7 heteroatoms. The lowest BCUT2D eigenvalue weighted by atomic mass is 9.96. The van der Waals surface area contributed by atoms with E-state index in [-0.39, 0.29) is 11.8 Å². The van der Waals surface area contributed by atoms with Crippen LogP contribution >= 0.6 is 0 Å². The number of sulfonamides is 1. The fourth-order valence-electron chi connectivity index (χ4n) is 5.76. The number of aryl methyl sites for hydroxylation is 2. The Balaban J connectivity index is 1.21. The van der Waals surface area contributed by atoms with Gasteiger partial charge in [-0.3, -0.25) is 4.79 Å². The molecule has 2 saturated heterocycles. The predicted molar refractivity (Wildman–Crippen MR) is 134 cm³/mol. The quantitative estimate of drug-likeness (QED) is 0.629. The number of anilines is 1. The van der Waals surface area contributed by atoms with Gasteiger partial charge < -0.3 is 9.80 Å². The number of benzene rings is 2. The van der Waals surface area contributed by atoms with E-state index in [1.807, 2.05) is 30.1 Å². The maximum absolute atomic E-state index is 13.2. The van der Waals surface area contributed by atoms with Crippen LogP contribution in [0.15, 0.2) is 47.4 Å². The Bertz CT molecular complexity index is 1150. The number of amides is 1. The molecule has 1 amide bonds. The summed E-state index contributed by atoms with van der Waals surface area (Å²) in [6, 6.07) is 14.0. The van der Waals surface area contributed by atoms with E-state index in [0.29, 0.717) is 37.4 Å². The molecule has 0 saturated carbocycles. The monoisotopic (exact) mass is 481 g/mol. The van der Waals surface area contributed by atoms with Crippen LogP contribution in [0.4, 0.5) is 5.69 Å². The number of rotatable bonds is 6. The van der Waals surface area contributed by atoms with E-state index in [1.165, 1.54) is 35.2 Å². The molecular formula is C27H35N3O3S. The van der Waals surface area contributed by atoms with Gasteiger partial charge in [0.25, 0.3) is 0 Å². The molecule has 3 aliphatic rings.